The van der Waals surface area contributed by atoms with Gasteiger partial charge in [0.25, 0.3) is 0 Å². The van der Waals surface area contributed by atoms with Crippen LogP contribution in [0.2, 0.25) is 0 Å². The van der Waals surface area contributed by atoms with E-state index in [9.17, 15) is 51.8 Å². The Morgan fingerprint density at radius 1 is 0.652 bits per heavy atom. The molecule has 0 spiro atoms. The summed E-state index contributed by atoms with van der Waals surface area (Å²) in [5.74, 6) is 0. The fourth-order valence-corrected chi connectivity index (χ4v) is 1.12. The van der Waals surface area contributed by atoms with Crippen LogP contribution in [0.1, 0.15) is 27.1 Å². The van der Waals surface area contributed by atoms with Crippen molar-refractivity contribution in [3.05, 3.63) is 0 Å². The number of halogens is 12. The first-order valence-electron chi connectivity index (χ1n) is 5.58. The maximum absolute atomic E-state index is 9.75. The Bertz CT molecular complexity index is 210. The molecule has 0 radical (unpaired) electrons. The van der Waals surface area contributed by atoms with Crippen molar-refractivity contribution in [2.24, 2.45) is 0 Å². The van der Waals surface area contributed by atoms with E-state index in [0.29, 0.717) is 6.10 Å². The number of ether oxygens (including phenoxy) is 1. The summed E-state index contributed by atoms with van der Waals surface area (Å²) in [6.45, 7) is 0. The van der Waals surface area contributed by atoms with Crippen LogP contribution < -0.4 is 51.4 Å². The molecule has 17 heteroatoms. The molecule has 0 aromatic carbocycles. The SMILES string of the molecule is COC1CCCC1.F[B-](F)(F)F.F[B-](F)(F)F.F[B-](F)(F)F.[H-].[K+]. The first-order chi connectivity index (χ1) is 9.43. The number of methoxy groups -OCH3 is 1. The molecule has 23 heavy (non-hydrogen) atoms. The van der Waals surface area contributed by atoms with Gasteiger partial charge in [0.15, 0.2) is 0 Å². The molecule has 0 saturated heterocycles. The first kappa shape index (κ1) is 31.7. The van der Waals surface area contributed by atoms with Gasteiger partial charge in [-0.05, 0) is 12.8 Å². The van der Waals surface area contributed by atoms with Gasteiger partial charge in [0.05, 0.1) is 6.10 Å². The maximum Gasteiger partial charge on any atom is 1.00 e. The fraction of sp³-hybridized carbons (Fsp3) is 1.00. The molecule has 1 fully saturated rings. The average Bonchev–Trinajstić information content (AvgIpc) is 2.60. The molecule has 1 saturated carbocycles. The number of hydrogen-bond donors (Lipinski definition) is 0. The van der Waals surface area contributed by atoms with E-state index >= 15 is 0 Å². The standard InChI is InChI=1S/C6H12O.3BF4.K.H/c1-7-6-4-2-3-5-6;3*2-1(3,4)5;;/h6H,2-5H2,1H3;;;;;/q;3*-1;+1;-1. The van der Waals surface area contributed by atoms with E-state index in [1.165, 1.54) is 25.7 Å². The van der Waals surface area contributed by atoms with Crippen LogP contribution in [0.4, 0.5) is 51.8 Å². The minimum atomic E-state index is -6.00. The molecule has 0 unspecified atom stereocenters. The maximum atomic E-state index is 9.75. The topological polar surface area (TPSA) is 9.23 Å². The minimum Gasteiger partial charge on any atom is -1.00 e. The zero-order valence-corrected chi connectivity index (χ0v) is 15.2. The molecule has 0 aromatic rings. The summed E-state index contributed by atoms with van der Waals surface area (Å²) in [5, 5.41) is 0. The average molecular weight is 401 g/mol. The van der Waals surface area contributed by atoms with E-state index in [1.54, 1.807) is 7.11 Å². The molecule has 0 aliphatic heterocycles. The Morgan fingerprint density at radius 3 is 0.913 bits per heavy atom. The summed E-state index contributed by atoms with van der Waals surface area (Å²) in [6, 6.07) is 0. The van der Waals surface area contributed by atoms with Crippen LogP contribution in [0.15, 0.2) is 0 Å². The second-order valence-electron chi connectivity index (χ2n) is 3.63. The van der Waals surface area contributed by atoms with E-state index in [0.717, 1.165) is 0 Å². The van der Waals surface area contributed by atoms with Crippen LogP contribution in [-0.4, -0.2) is 35.0 Å². The van der Waals surface area contributed by atoms with Gasteiger partial charge >= 0.3 is 73.1 Å². The van der Waals surface area contributed by atoms with Gasteiger partial charge in [0.2, 0.25) is 0 Å². The van der Waals surface area contributed by atoms with Gasteiger partial charge in [0, 0.05) is 7.11 Å². The van der Waals surface area contributed by atoms with Crippen LogP contribution in [0, 0.1) is 0 Å². The molecule has 1 aliphatic carbocycles. The molecule has 0 heterocycles. The zero-order valence-electron chi connectivity index (χ0n) is 13.1. The molecular formula is C6H13B3F12KO-3. The van der Waals surface area contributed by atoms with E-state index < -0.39 is 21.8 Å². The van der Waals surface area contributed by atoms with Gasteiger partial charge in [-0.15, -0.1) is 0 Å². The smallest absolute Gasteiger partial charge is 1.00 e. The van der Waals surface area contributed by atoms with Gasteiger partial charge in [-0.3, -0.25) is 0 Å². The summed E-state index contributed by atoms with van der Waals surface area (Å²) >= 11 is 0. The molecule has 1 rings (SSSR count). The Morgan fingerprint density at radius 2 is 0.826 bits per heavy atom. The third kappa shape index (κ3) is 102. The van der Waals surface area contributed by atoms with Gasteiger partial charge in [-0.25, -0.2) is 0 Å². The van der Waals surface area contributed by atoms with Gasteiger partial charge in [0.1, 0.15) is 0 Å². The van der Waals surface area contributed by atoms with Crippen molar-refractivity contribution in [2.45, 2.75) is 31.8 Å². The summed E-state index contributed by atoms with van der Waals surface area (Å²) < 4.78 is 122. The van der Waals surface area contributed by atoms with E-state index in [2.05, 4.69) is 0 Å². The fourth-order valence-electron chi connectivity index (χ4n) is 1.12. The van der Waals surface area contributed by atoms with E-state index in [-0.39, 0.29) is 52.8 Å². The monoisotopic (exact) mass is 401 g/mol. The molecule has 1 aliphatic rings. The Balaban J connectivity index is -0.0000000661. The Kier molecular flexibility index (Phi) is 21.0. The van der Waals surface area contributed by atoms with Crippen molar-refractivity contribution in [3.63, 3.8) is 0 Å². The summed E-state index contributed by atoms with van der Waals surface area (Å²) in [5.41, 5.74) is 0. The van der Waals surface area contributed by atoms with Crippen molar-refractivity contribution >= 4 is 21.8 Å². The number of rotatable bonds is 1. The van der Waals surface area contributed by atoms with Gasteiger partial charge in [-0.2, -0.15) is 0 Å². The van der Waals surface area contributed by atoms with Crippen LogP contribution in [0.5, 0.6) is 0 Å². The molecule has 1 nitrogen and oxygen atoms in total. The Labute approximate surface area is 169 Å². The van der Waals surface area contributed by atoms with Crippen LogP contribution >= 0.6 is 0 Å². The van der Waals surface area contributed by atoms with Crippen molar-refractivity contribution in [3.8, 4) is 0 Å². The summed E-state index contributed by atoms with van der Waals surface area (Å²) in [6.07, 6.45) is 5.92. The molecule has 0 N–H and O–H groups in total. The van der Waals surface area contributed by atoms with Crippen molar-refractivity contribution in [1.82, 2.24) is 0 Å². The van der Waals surface area contributed by atoms with Gasteiger partial charge in [-0.1, -0.05) is 12.8 Å². The van der Waals surface area contributed by atoms with Crippen LogP contribution in [0.3, 0.4) is 0 Å². The largest absolute Gasteiger partial charge is 1.00 e. The van der Waals surface area contributed by atoms with Crippen LogP contribution in [0.25, 0.3) is 0 Å². The molecule has 0 atom stereocenters. The third-order valence-electron chi connectivity index (χ3n) is 1.64. The first-order valence-corrected chi connectivity index (χ1v) is 5.58. The van der Waals surface area contributed by atoms with Crippen LogP contribution in [-0.2, 0) is 4.74 Å². The van der Waals surface area contributed by atoms with E-state index in [1.807, 2.05) is 0 Å². The van der Waals surface area contributed by atoms with Crippen molar-refractivity contribution in [1.29, 1.82) is 0 Å². The van der Waals surface area contributed by atoms with E-state index in [4.69, 9.17) is 4.74 Å². The van der Waals surface area contributed by atoms with Gasteiger partial charge < -0.3 is 58.0 Å². The Hall–Kier alpha value is 0.951. The number of hydrogen-bond acceptors (Lipinski definition) is 1. The second-order valence-corrected chi connectivity index (χ2v) is 3.63. The summed E-state index contributed by atoms with van der Waals surface area (Å²) in [4.78, 5) is 0. The summed E-state index contributed by atoms with van der Waals surface area (Å²) in [7, 11) is -16.2. The predicted molar refractivity (Wildman–Crippen MR) is 60.9 cm³/mol. The zero-order chi connectivity index (χ0) is 18.6. The molecule has 140 valence electrons. The molecule has 0 bridgehead atoms. The molecule has 0 amide bonds. The second kappa shape index (κ2) is 15.2. The molecule has 0 aromatic heterocycles. The normalized spacial score (nSPS) is 15.0. The molecular weight excluding hydrogens is 388 g/mol. The third-order valence-corrected chi connectivity index (χ3v) is 1.64. The predicted octanol–water partition coefficient (Wildman–Crippen LogP) is 2.59. The minimum absolute atomic E-state index is 0. The van der Waals surface area contributed by atoms with Crippen molar-refractivity contribution in [2.75, 3.05) is 7.11 Å². The van der Waals surface area contributed by atoms with Crippen molar-refractivity contribution < 1.29 is 109 Å². The quantitative estimate of drug-likeness (QED) is 0.486.